The van der Waals surface area contributed by atoms with Crippen LogP contribution < -0.4 is 0 Å². The van der Waals surface area contributed by atoms with Crippen LogP contribution in [0.2, 0.25) is 0 Å². The molecule has 0 saturated heterocycles. The molecule has 0 spiro atoms. The van der Waals surface area contributed by atoms with Gasteiger partial charge in [-0.15, -0.1) is 0 Å². The van der Waals surface area contributed by atoms with E-state index in [1.54, 1.807) is 0 Å². The van der Waals surface area contributed by atoms with Gasteiger partial charge in [0.1, 0.15) is 0 Å². The number of hydrogen-bond donors (Lipinski definition) is 3. The highest BCUT2D eigenvalue weighted by molar-refractivity contribution is 8.26. The fourth-order valence-electron chi connectivity index (χ4n) is 0.239. The Morgan fingerprint density at radius 2 is 1.88 bits per heavy atom. The smallest absolute Gasteiger partial charge is 0.382 e. The zero-order chi connectivity index (χ0) is 6.62. The Kier molecular flexibility index (Phi) is 3.66. The molecule has 0 rings (SSSR count). The molecule has 0 unspecified atom stereocenters. The van der Waals surface area contributed by atoms with Crippen molar-refractivity contribution in [3.8, 4) is 0 Å². The van der Waals surface area contributed by atoms with Crippen LogP contribution >= 0.6 is 11.2 Å². The Labute approximate surface area is 53.4 Å². The Hall–Kier alpha value is 0.447. The fourth-order valence-corrected chi connectivity index (χ4v) is 2.15. The van der Waals surface area contributed by atoms with Crippen LogP contribution in [0.4, 0.5) is 0 Å². The van der Waals surface area contributed by atoms with E-state index < -0.39 is 7.95 Å². The van der Waals surface area contributed by atoms with Crippen LogP contribution in [0, 0.1) is 0 Å². The molecule has 0 heterocycles. The molecule has 0 fully saturated rings. The molecule has 50 valence electrons. The average molecular weight is 154 g/mol. The molecule has 0 amide bonds. The summed E-state index contributed by atoms with van der Waals surface area (Å²) in [7, 11) is -3.76. The Morgan fingerprint density at radius 1 is 1.38 bits per heavy atom. The van der Waals surface area contributed by atoms with Crippen LogP contribution in [0.5, 0.6) is 0 Å². The van der Waals surface area contributed by atoms with Crippen molar-refractivity contribution in [2.45, 2.75) is 13.3 Å². The standard InChI is InChI=1S/C3H10O3SSi/c1-2-3-7-8(4,5)6/h4-6H,2-3H2,1H3. The quantitative estimate of drug-likeness (QED) is 0.482. The van der Waals surface area contributed by atoms with Gasteiger partial charge in [0.05, 0.1) is 0 Å². The number of rotatable bonds is 3. The summed E-state index contributed by atoms with van der Waals surface area (Å²) in [6, 6.07) is 0. The topological polar surface area (TPSA) is 60.7 Å². The molecule has 0 aliphatic rings. The van der Waals surface area contributed by atoms with Crippen molar-refractivity contribution in [1.29, 1.82) is 0 Å². The predicted molar refractivity (Wildman–Crippen MR) is 35.2 cm³/mol. The zero-order valence-corrected chi connectivity index (χ0v) is 6.48. The molecule has 0 aliphatic heterocycles. The van der Waals surface area contributed by atoms with Gasteiger partial charge in [-0.3, -0.25) is 0 Å². The minimum absolute atomic E-state index is 0.607. The van der Waals surface area contributed by atoms with Crippen LogP contribution in [-0.2, 0) is 0 Å². The molecule has 0 bridgehead atoms. The lowest BCUT2D eigenvalue weighted by Gasteiger charge is -2.05. The molecule has 0 aromatic carbocycles. The molecular formula is C3H10O3SSi. The van der Waals surface area contributed by atoms with Crippen molar-refractivity contribution < 1.29 is 14.4 Å². The SMILES string of the molecule is CCCS[Si](O)(O)O. The highest BCUT2D eigenvalue weighted by Gasteiger charge is 2.26. The van der Waals surface area contributed by atoms with Crippen LogP contribution in [0.25, 0.3) is 0 Å². The molecule has 0 saturated carbocycles. The minimum atomic E-state index is -3.76. The predicted octanol–water partition coefficient (Wildman–Crippen LogP) is -0.458. The van der Waals surface area contributed by atoms with E-state index in [0.717, 1.165) is 17.6 Å². The van der Waals surface area contributed by atoms with E-state index >= 15 is 0 Å². The first-order valence-electron chi connectivity index (χ1n) is 2.37. The molecule has 3 nitrogen and oxygen atoms in total. The maximum Gasteiger partial charge on any atom is 0.565 e. The molecule has 3 N–H and O–H groups in total. The van der Waals surface area contributed by atoms with Crippen molar-refractivity contribution in [3.05, 3.63) is 0 Å². The van der Waals surface area contributed by atoms with Gasteiger partial charge in [0.15, 0.2) is 0 Å². The van der Waals surface area contributed by atoms with Crippen LogP contribution in [0.1, 0.15) is 13.3 Å². The second-order valence-electron chi connectivity index (χ2n) is 1.42. The molecule has 0 aliphatic carbocycles. The molecule has 0 aromatic rings. The van der Waals surface area contributed by atoms with Crippen molar-refractivity contribution in [2.24, 2.45) is 0 Å². The second kappa shape index (κ2) is 3.47. The van der Waals surface area contributed by atoms with E-state index in [1.807, 2.05) is 6.92 Å². The lowest BCUT2D eigenvalue weighted by molar-refractivity contribution is 0.264. The molecule has 8 heavy (non-hydrogen) atoms. The molecule has 0 atom stereocenters. The first kappa shape index (κ1) is 8.45. The molecule has 0 radical (unpaired) electrons. The molecular weight excluding hydrogens is 144 g/mol. The fraction of sp³-hybridized carbons (Fsp3) is 1.00. The van der Waals surface area contributed by atoms with E-state index in [1.165, 1.54) is 0 Å². The van der Waals surface area contributed by atoms with Gasteiger partial charge in [0.25, 0.3) is 0 Å². The van der Waals surface area contributed by atoms with Gasteiger partial charge in [-0.25, -0.2) is 0 Å². The average Bonchev–Trinajstić information content (AvgIpc) is 1.59. The summed E-state index contributed by atoms with van der Waals surface area (Å²) in [4.78, 5) is 25.1. The molecule has 0 aromatic heterocycles. The summed E-state index contributed by atoms with van der Waals surface area (Å²) in [6.45, 7) is 1.91. The highest BCUT2D eigenvalue weighted by Crippen LogP contribution is 2.10. The van der Waals surface area contributed by atoms with Crippen molar-refractivity contribution in [3.63, 3.8) is 0 Å². The monoisotopic (exact) mass is 154 g/mol. The van der Waals surface area contributed by atoms with Crippen LogP contribution in [0.15, 0.2) is 0 Å². The third-order valence-corrected chi connectivity index (χ3v) is 3.27. The van der Waals surface area contributed by atoms with Gasteiger partial charge >= 0.3 is 7.95 Å². The largest absolute Gasteiger partial charge is 0.565 e. The first-order valence-corrected chi connectivity index (χ1v) is 5.92. The first-order chi connectivity index (χ1) is 3.56. The minimum Gasteiger partial charge on any atom is -0.382 e. The summed E-state index contributed by atoms with van der Waals surface area (Å²) in [5, 5.41) is 0. The van der Waals surface area contributed by atoms with Crippen molar-refractivity contribution >= 4 is 19.2 Å². The Bertz CT molecular complexity index is 62.0. The summed E-state index contributed by atoms with van der Waals surface area (Å²) in [5.41, 5.74) is 0. The van der Waals surface area contributed by atoms with E-state index in [-0.39, 0.29) is 0 Å². The Morgan fingerprint density at radius 3 is 2.00 bits per heavy atom. The van der Waals surface area contributed by atoms with Gasteiger partial charge in [-0.2, -0.15) is 0 Å². The van der Waals surface area contributed by atoms with Gasteiger partial charge in [-0.1, -0.05) is 18.1 Å². The van der Waals surface area contributed by atoms with E-state index in [2.05, 4.69) is 0 Å². The summed E-state index contributed by atoms with van der Waals surface area (Å²) >= 11 is 0.839. The second-order valence-corrected chi connectivity index (χ2v) is 5.78. The van der Waals surface area contributed by atoms with Gasteiger partial charge in [0.2, 0.25) is 0 Å². The van der Waals surface area contributed by atoms with Gasteiger partial charge in [0, 0.05) is 0 Å². The van der Waals surface area contributed by atoms with E-state index in [4.69, 9.17) is 14.4 Å². The van der Waals surface area contributed by atoms with Crippen molar-refractivity contribution in [2.75, 3.05) is 5.75 Å². The Balaban J connectivity index is 3.11. The van der Waals surface area contributed by atoms with E-state index in [0.29, 0.717) is 5.75 Å². The maximum atomic E-state index is 8.36. The highest BCUT2D eigenvalue weighted by atomic mass is 32.4. The lowest BCUT2D eigenvalue weighted by Crippen LogP contribution is -2.30. The lowest BCUT2D eigenvalue weighted by atomic mass is 10.6. The normalized spacial score (nSPS) is 12.0. The van der Waals surface area contributed by atoms with Gasteiger partial charge in [-0.05, 0) is 12.2 Å². The summed E-state index contributed by atoms with van der Waals surface area (Å²) in [5.74, 6) is 0.607. The summed E-state index contributed by atoms with van der Waals surface area (Å²) < 4.78 is 0. The molecule has 5 heteroatoms. The van der Waals surface area contributed by atoms with Gasteiger partial charge < -0.3 is 14.4 Å². The zero-order valence-electron chi connectivity index (χ0n) is 4.66. The van der Waals surface area contributed by atoms with Crippen LogP contribution in [-0.4, -0.2) is 28.1 Å². The van der Waals surface area contributed by atoms with Crippen LogP contribution in [0.3, 0.4) is 0 Å². The van der Waals surface area contributed by atoms with Crippen molar-refractivity contribution in [1.82, 2.24) is 0 Å². The van der Waals surface area contributed by atoms with E-state index in [9.17, 15) is 0 Å². The maximum absolute atomic E-state index is 8.36. The number of hydrogen-bond acceptors (Lipinski definition) is 4. The third kappa shape index (κ3) is 6.45. The third-order valence-electron chi connectivity index (χ3n) is 0.500. The summed E-state index contributed by atoms with van der Waals surface area (Å²) in [6.07, 6.45) is 0.848.